The van der Waals surface area contributed by atoms with Gasteiger partial charge in [0.1, 0.15) is 11.7 Å². The van der Waals surface area contributed by atoms with Gasteiger partial charge < -0.3 is 20.1 Å². The van der Waals surface area contributed by atoms with E-state index in [0.29, 0.717) is 5.02 Å². The lowest BCUT2D eigenvalue weighted by molar-refractivity contribution is -0.145. The number of amides is 1. The molecule has 3 N–H and O–H groups in total. The van der Waals surface area contributed by atoms with Crippen LogP contribution in [-0.4, -0.2) is 38.7 Å². The maximum Gasteiger partial charge on any atom is 0.326 e. The third-order valence-electron chi connectivity index (χ3n) is 2.19. The number of aliphatic carboxylic acids is 2. The van der Waals surface area contributed by atoms with Crippen molar-refractivity contribution in [2.45, 2.75) is 12.5 Å². The van der Waals surface area contributed by atoms with E-state index in [2.05, 4.69) is 5.32 Å². The van der Waals surface area contributed by atoms with Gasteiger partial charge in [0.2, 0.25) is 0 Å². The van der Waals surface area contributed by atoms with Crippen molar-refractivity contribution in [3.63, 3.8) is 0 Å². The summed E-state index contributed by atoms with van der Waals surface area (Å²) < 4.78 is 1.41. The number of halogens is 1. The predicted octanol–water partition coefficient (Wildman–Crippen LogP) is 0.336. The van der Waals surface area contributed by atoms with Gasteiger partial charge >= 0.3 is 11.9 Å². The molecule has 0 aliphatic rings. The Labute approximate surface area is 107 Å². The largest absolute Gasteiger partial charge is 0.481 e. The van der Waals surface area contributed by atoms with Crippen LogP contribution in [0.2, 0.25) is 5.02 Å². The van der Waals surface area contributed by atoms with E-state index in [4.69, 9.17) is 21.8 Å². The van der Waals surface area contributed by atoms with E-state index in [-0.39, 0.29) is 5.69 Å². The second-order valence-corrected chi connectivity index (χ2v) is 4.05. The van der Waals surface area contributed by atoms with E-state index >= 15 is 0 Å². The number of hydrogen-bond acceptors (Lipinski definition) is 3. The van der Waals surface area contributed by atoms with Gasteiger partial charge in [-0.25, -0.2) is 4.79 Å². The molecule has 1 rings (SSSR count). The lowest BCUT2D eigenvalue weighted by Crippen LogP contribution is -2.42. The van der Waals surface area contributed by atoms with E-state index in [9.17, 15) is 14.4 Å². The van der Waals surface area contributed by atoms with Crippen LogP contribution in [-0.2, 0) is 16.6 Å². The maximum atomic E-state index is 11.7. The Hall–Kier alpha value is -2.02. The van der Waals surface area contributed by atoms with Crippen LogP contribution in [0.5, 0.6) is 0 Å². The molecule has 1 atom stereocenters. The third-order valence-corrected chi connectivity index (χ3v) is 2.39. The molecule has 0 aliphatic carbocycles. The van der Waals surface area contributed by atoms with Gasteiger partial charge in [-0.05, 0) is 6.07 Å². The molecule has 0 fully saturated rings. The zero-order chi connectivity index (χ0) is 13.9. The van der Waals surface area contributed by atoms with Crippen LogP contribution in [0, 0.1) is 0 Å². The molecule has 0 saturated carbocycles. The minimum Gasteiger partial charge on any atom is -0.481 e. The first-order valence-electron chi connectivity index (χ1n) is 4.88. The average molecular weight is 275 g/mol. The van der Waals surface area contributed by atoms with Crippen LogP contribution in [0.3, 0.4) is 0 Å². The number of nitrogens with one attached hydrogen (secondary N) is 1. The molecule has 1 aromatic rings. The van der Waals surface area contributed by atoms with E-state index in [0.717, 1.165) is 0 Å². The summed E-state index contributed by atoms with van der Waals surface area (Å²) in [6, 6.07) is -0.125. The van der Waals surface area contributed by atoms with E-state index in [1.54, 1.807) is 7.05 Å². The SMILES string of the molecule is Cn1cc(Cl)cc1C(=O)N[C@@H](CC(=O)O)C(=O)O. The highest BCUT2D eigenvalue weighted by Gasteiger charge is 2.24. The van der Waals surface area contributed by atoms with Gasteiger partial charge in [-0.15, -0.1) is 0 Å². The van der Waals surface area contributed by atoms with Gasteiger partial charge in [0.15, 0.2) is 0 Å². The average Bonchev–Trinajstić information content (AvgIpc) is 2.56. The Balaban J connectivity index is 2.81. The van der Waals surface area contributed by atoms with Crippen molar-refractivity contribution in [3.8, 4) is 0 Å². The zero-order valence-electron chi connectivity index (χ0n) is 9.38. The molecule has 0 radical (unpaired) electrons. The first-order chi connectivity index (χ1) is 8.31. The highest BCUT2D eigenvalue weighted by Crippen LogP contribution is 2.12. The van der Waals surface area contributed by atoms with E-state index < -0.39 is 30.3 Å². The minimum atomic E-state index is -1.48. The molecule has 0 spiro atoms. The van der Waals surface area contributed by atoms with Gasteiger partial charge in [0, 0.05) is 13.2 Å². The molecular weight excluding hydrogens is 264 g/mol. The molecular formula is C10H11ClN2O5. The highest BCUT2D eigenvalue weighted by molar-refractivity contribution is 6.31. The number of carboxylic acids is 2. The van der Waals surface area contributed by atoms with Gasteiger partial charge in [-0.3, -0.25) is 9.59 Å². The predicted molar refractivity (Wildman–Crippen MR) is 61.6 cm³/mol. The maximum absolute atomic E-state index is 11.7. The fraction of sp³-hybridized carbons (Fsp3) is 0.300. The normalized spacial score (nSPS) is 11.9. The first-order valence-corrected chi connectivity index (χ1v) is 5.26. The van der Waals surface area contributed by atoms with Gasteiger partial charge in [0.05, 0.1) is 11.4 Å². The zero-order valence-corrected chi connectivity index (χ0v) is 10.1. The van der Waals surface area contributed by atoms with Crippen molar-refractivity contribution in [1.82, 2.24) is 9.88 Å². The molecule has 0 aliphatic heterocycles. The van der Waals surface area contributed by atoms with Crippen LogP contribution < -0.4 is 5.32 Å². The lowest BCUT2D eigenvalue weighted by Gasteiger charge is -2.12. The lowest BCUT2D eigenvalue weighted by atomic mass is 10.2. The summed E-state index contributed by atoms with van der Waals surface area (Å²) in [6.07, 6.45) is 0.780. The number of aryl methyl sites for hydroxylation is 1. The fourth-order valence-electron chi connectivity index (χ4n) is 1.36. The molecule has 0 aromatic carbocycles. The summed E-state index contributed by atoms with van der Waals surface area (Å²) in [5.74, 6) is -3.42. The van der Waals surface area contributed by atoms with Crippen LogP contribution in [0.4, 0.5) is 0 Å². The standard InChI is InChI=1S/C10H11ClN2O5/c1-13-4-5(11)2-7(13)9(16)12-6(10(17)18)3-8(14)15/h2,4,6H,3H2,1H3,(H,12,16)(H,14,15)(H,17,18)/t6-/m0/s1. The molecule has 0 saturated heterocycles. The number of carbonyl (C=O) groups is 3. The quantitative estimate of drug-likeness (QED) is 0.717. The number of nitrogens with zero attached hydrogens (tertiary/aromatic N) is 1. The third kappa shape index (κ3) is 3.49. The van der Waals surface area contributed by atoms with Gasteiger partial charge in [-0.2, -0.15) is 0 Å². The highest BCUT2D eigenvalue weighted by atomic mass is 35.5. The first kappa shape index (κ1) is 14.0. The van der Waals surface area contributed by atoms with Crippen LogP contribution in [0.1, 0.15) is 16.9 Å². The molecule has 1 amide bonds. The number of carboxylic acid groups (broad SMARTS) is 2. The summed E-state index contributed by atoms with van der Waals surface area (Å²) in [6.45, 7) is 0. The molecule has 7 nitrogen and oxygen atoms in total. The topological polar surface area (TPSA) is 109 Å². The Bertz CT molecular complexity index is 496. The Kier molecular flexibility index (Phi) is 4.33. The smallest absolute Gasteiger partial charge is 0.326 e. The molecule has 0 bridgehead atoms. The Morgan fingerprint density at radius 2 is 2.06 bits per heavy atom. The number of carbonyl (C=O) groups excluding carboxylic acids is 1. The van der Waals surface area contributed by atoms with E-state index in [1.165, 1.54) is 16.8 Å². The van der Waals surface area contributed by atoms with Crippen LogP contribution in [0.25, 0.3) is 0 Å². The molecule has 8 heteroatoms. The molecule has 1 heterocycles. The second kappa shape index (κ2) is 5.54. The Morgan fingerprint density at radius 1 is 1.44 bits per heavy atom. The monoisotopic (exact) mass is 274 g/mol. The van der Waals surface area contributed by atoms with Crippen molar-refractivity contribution in [1.29, 1.82) is 0 Å². The number of aromatic nitrogens is 1. The Morgan fingerprint density at radius 3 is 2.44 bits per heavy atom. The van der Waals surface area contributed by atoms with Gasteiger partial charge in [-0.1, -0.05) is 11.6 Å². The number of rotatable bonds is 5. The van der Waals surface area contributed by atoms with Crippen LogP contribution >= 0.6 is 11.6 Å². The molecule has 98 valence electrons. The summed E-state index contributed by atoms with van der Waals surface area (Å²) in [7, 11) is 1.56. The molecule has 1 aromatic heterocycles. The molecule has 0 unspecified atom stereocenters. The van der Waals surface area contributed by atoms with Crippen molar-refractivity contribution in [2.75, 3.05) is 0 Å². The summed E-state index contributed by atoms with van der Waals surface area (Å²) >= 11 is 5.68. The minimum absolute atomic E-state index is 0.150. The van der Waals surface area contributed by atoms with Crippen molar-refractivity contribution >= 4 is 29.4 Å². The second-order valence-electron chi connectivity index (χ2n) is 3.62. The van der Waals surface area contributed by atoms with Crippen molar-refractivity contribution in [3.05, 3.63) is 23.0 Å². The van der Waals surface area contributed by atoms with E-state index in [1.807, 2.05) is 0 Å². The fourth-order valence-corrected chi connectivity index (χ4v) is 1.61. The van der Waals surface area contributed by atoms with Crippen molar-refractivity contribution in [2.24, 2.45) is 7.05 Å². The van der Waals surface area contributed by atoms with Crippen molar-refractivity contribution < 1.29 is 24.6 Å². The van der Waals surface area contributed by atoms with Gasteiger partial charge in [0.25, 0.3) is 5.91 Å². The van der Waals surface area contributed by atoms with Crippen LogP contribution in [0.15, 0.2) is 12.3 Å². The molecule has 18 heavy (non-hydrogen) atoms. The summed E-state index contributed by atoms with van der Waals surface area (Å²) in [5.41, 5.74) is 0.150. The summed E-state index contributed by atoms with van der Waals surface area (Å²) in [4.78, 5) is 33.0. The number of hydrogen-bond donors (Lipinski definition) is 3. The summed E-state index contributed by atoms with van der Waals surface area (Å²) in [5, 5.41) is 19.8.